The van der Waals surface area contributed by atoms with Gasteiger partial charge in [0.25, 0.3) is 0 Å². The molecule has 0 amide bonds. The Morgan fingerprint density at radius 1 is 1.00 bits per heavy atom. The maximum Gasteiger partial charge on any atom is 0.114 e. The van der Waals surface area contributed by atoms with Crippen LogP contribution in [0.2, 0.25) is 0 Å². The van der Waals surface area contributed by atoms with Gasteiger partial charge >= 0.3 is 0 Å². The van der Waals surface area contributed by atoms with Crippen LogP contribution >= 0.6 is 0 Å². The van der Waals surface area contributed by atoms with E-state index in [4.69, 9.17) is 5.11 Å². The minimum atomic E-state index is -2.97. The number of rotatable bonds is 5. The number of carbonyl (C=O) groups excluding carboxylic acids is 3. The second-order valence-electron chi connectivity index (χ2n) is 2.42. The van der Waals surface area contributed by atoms with Crippen molar-refractivity contribution in [2.45, 2.75) is 18.4 Å². The third-order valence-corrected chi connectivity index (χ3v) is 1.25. The van der Waals surface area contributed by atoms with Crippen LogP contribution in [0.5, 0.6) is 0 Å². The first-order chi connectivity index (χ1) is 5.78. The molecule has 0 fully saturated rings. The van der Waals surface area contributed by atoms with Gasteiger partial charge in [0, 0.05) is 45.2 Å². The van der Waals surface area contributed by atoms with Crippen LogP contribution in [0.1, 0.15) is 12.8 Å². The molecular weight excluding hydrogens is 290 g/mol. The molecule has 1 N–H and O–H groups in total. The summed E-state index contributed by atoms with van der Waals surface area (Å²) in [6.45, 7) is 0. The van der Waals surface area contributed by atoms with Crippen LogP contribution < -0.4 is 15.3 Å². The first kappa shape index (κ1) is 15.5. The molecule has 0 rings (SSSR count). The molecule has 0 heterocycles. The number of carbonyl (C=O) groups is 3. The standard InChI is InChI=1S/C6H8O7.Pd/c7-3(8)1-6(13,5(11)12)2-4(9)10;/h13H,1-2H2,(H,7,8)(H,9,10)(H,11,12);/p-3. The zero-order valence-corrected chi connectivity index (χ0v) is 8.18. The molecule has 0 aliphatic rings. The van der Waals surface area contributed by atoms with Crippen LogP contribution in [0.3, 0.4) is 0 Å². The Hall–Kier alpha value is -0.968. The first-order valence-corrected chi connectivity index (χ1v) is 3.11. The summed E-state index contributed by atoms with van der Waals surface area (Å²) >= 11 is 0. The number of carboxylic acid groups (broad SMARTS) is 3. The molecule has 0 spiro atoms. The second kappa shape index (κ2) is 5.70. The van der Waals surface area contributed by atoms with E-state index >= 15 is 0 Å². The zero-order valence-electron chi connectivity index (χ0n) is 6.63. The van der Waals surface area contributed by atoms with Crippen LogP contribution in [-0.4, -0.2) is 28.6 Å². The Balaban J connectivity index is 0. The van der Waals surface area contributed by atoms with Gasteiger partial charge in [0.1, 0.15) is 5.60 Å². The molecule has 8 heteroatoms. The van der Waals surface area contributed by atoms with Crippen LogP contribution in [0.4, 0.5) is 0 Å². The van der Waals surface area contributed by atoms with Crippen molar-refractivity contribution < 1.29 is 55.2 Å². The van der Waals surface area contributed by atoms with Crippen molar-refractivity contribution in [2.24, 2.45) is 0 Å². The van der Waals surface area contributed by atoms with Gasteiger partial charge in [-0.05, 0) is 0 Å². The fourth-order valence-corrected chi connectivity index (χ4v) is 0.684. The summed E-state index contributed by atoms with van der Waals surface area (Å²) in [6.07, 6.45) is -2.72. The molecule has 0 aliphatic heterocycles. The van der Waals surface area contributed by atoms with E-state index in [0.717, 1.165) is 0 Å². The van der Waals surface area contributed by atoms with Crippen molar-refractivity contribution in [3.05, 3.63) is 0 Å². The van der Waals surface area contributed by atoms with E-state index in [2.05, 4.69) is 0 Å². The third kappa shape index (κ3) is 4.91. The molecular formula is C6H5O7Pd-3. The number of hydrogen-bond donors (Lipinski definition) is 1. The fourth-order valence-electron chi connectivity index (χ4n) is 0.684. The Morgan fingerprint density at radius 2 is 1.29 bits per heavy atom. The molecule has 14 heavy (non-hydrogen) atoms. The molecule has 0 aromatic rings. The average Bonchev–Trinajstić information content (AvgIpc) is 1.82. The number of carboxylic acids is 3. The molecule has 0 aliphatic carbocycles. The van der Waals surface area contributed by atoms with Crippen LogP contribution in [-0.2, 0) is 34.8 Å². The van der Waals surface area contributed by atoms with Gasteiger partial charge in [0.2, 0.25) is 0 Å². The van der Waals surface area contributed by atoms with Crippen LogP contribution in [0.25, 0.3) is 0 Å². The van der Waals surface area contributed by atoms with E-state index < -0.39 is 36.4 Å². The van der Waals surface area contributed by atoms with Crippen molar-refractivity contribution in [3.8, 4) is 0 Å². The molecule has 0 aromatic heterocycles. The normalized spacial score (nSPS) is 10.1. The van der Waals surface area contributed by atoms with Crippen LogP contribution in [0.15, 0.2) is 0 Å². The number of aliphatic hydroxyl groups is 1. The molecule has 84 valence electrons. The fraction of sp³-hybridized carbons (Fsp3) is 0.500. The van der Waals surface area contributed by atoms with E-state index in [1.165, 1.54) is 0 Å². The number of aliphatic carboxylic acids is 3. The van der Waals surface area contributed by atoms with Crippen LogP contribution in [0, 0.1) is 0 Å². The smallest absolute Gasteiger partial charge is 0.114 e. The van der Waals surface area contributed by atoms with E-state index in [1.807, 2.05) is 0 Å². The summed E-state index contributed by atoms with van der Waals surface area (Å²) in [7, 11) is 0. The summed E-state index contributed by atoms with van der Waals surface area (Å²) in [5, 5.41) is 38.9. The first-order valence-electron chi connectivity index (χ1n) is 3.11. The Morgan fingerprint density at radius 3 is 1.43 bits per heavy atom. The molecule has 0 atom stereocenters. The Labute approximate surface area is 92.0 Å². The molecule has 7 nitrogen and oxygen atoms in total. The van der Waals surface area contributed by atoms with Gasteiger partial charge in [0.15, 0.2) is 0 Å². The quantitative estimate of drug-likeness (QED) is 0.499. The summed E-state index contributed by atoms with van der Waals surface area (Å²) < 4.78 is 0. The third-order valence-electron chi connectivity index (χ3n) is 1.25. The van der Waals surface area contributed by atoms with Gasteiger partial charge in [-0.25, -0.2) is 0 Å². The Kier molecular flexibility index (Phi) is 6.31. The van der Waals surface area contributed by atoms with Crippen molar-refractivity contribution in [1.29, 1.82) is 0 Å². The van der Waals surface area contributed by atoms with E-state index in [1.54, 1.807) is 0 Å². The average molecular weight is 296 g/mol. The zero-order chi connectivity index (χ0) is 10.6. The Bertz CT molecular complexity index is 233. The van der Waals surface area contributed by atoms with Gasteiger partial charge < -0.3 is 34.8 Å². The van der Waals surface area contributed by atoms with Crippen molar-refractivity contribution in [2.75, 3.05) is 0 Å². The summed E-state index contributed by atoms with van der Waals surface area (Å²) in [5.74, 6) is -5.98. The van der Waals surface area contributed by atoms with E-state index in [-0.39, 0.29) is 20.4 Å². The SMILES string of the molecule is O=C([O-])CC(O)(CC(=O)[O-])C(=O)[O-].[Pd]. The summed E-state index contributed by atoms with van der Waals surface area (Å²) in [6, 6.07) is 0. The topological polar surface area (TPSA) is 141 Å². The van der Waals surface area contributed by atoms with E-state index in [9.17, 15) is 29.7 Å². The van der Waals surface area contributed by atoms with Crippen molar-refractivity contribution in [1.82, 2.24) is 0 Å². The van der Waals surface area contributed by atoms with Crippen molar-refractivity contribution in [3.63, 3.8) is 0 Å². The summed E-state index contributed by atoms with van der Waals surface area (Å²) in [4.78, 5) is 30.0. The van der Waals surface area contributed by atoms with Crippen molar-refractivity contribution >= 4 is 17.9 Å². The van der Waals surface area contributed by atoms with E-state index in [0.29, 0.717) is 0 Å². The molecule has 0 bridgehead atoms. The van der Waals surface area contributed by atoms with Gasteiger partial charge in [-0.1, -0.05) is 0 Å². The summed E-state index contributed by atoms with van der Waals surface area (Å²) in [5.41, 5.74) is -2.97. The maximum absolute atomic E-state index is 10.1. The minimum Gasteiger partial charge on any atom is -0.550 e. The van der Waals surface area contributed by atoms with Gasteiger partial charge in [-0.15, -0.1) is 0 Å². The number of hydrogen-bond acceptors (Lipinski definition) is 7. The largest absolute Gasteiger partial charge is 0.550 e. The molecule has 0 aromatic carbocycles. The van der Waals surface area contributed by atoms with Gasteiger partial charge in [-0.2, -0.15) is 0 Å². The monoisotopic (exact) mass is 295 g/mol. The minimum absolute atomic E-state index is 0. The molecule has 0 radical (unpaired) electrons. The molecule has 0 saturated heterocycles. The van der Waals surface area contributed by atoms with Gasteiger partial charge in [0.05, 0.1) is 5.97 Å². The second-order valence-corrected chi connectivity index (χ2v) is 2.42. The predicted octanol–water partition coefficient (Wildman–Crippen LogP) is -5.26. The van der Waals surface area contributed by atoms with Gasteiger partial charge in [-0.3, -0.25) is 0 Å². The molecule has 0 unspecified atom stereocenters. The molecule has 0 saturated carbocycles. The maximum atomic E-state index is 10.1. The predicted molar refractivity (Wildman–Crippen MR) is 29.2 cm³/mol.